The Bertz CT molecular complexity index is 693. The molecule has 2 aromatic carbocycles. The zero-order valence-electron chi connectivity index (χ0n) is 10.6. The number of halogens is 2. The summed E-state index contributed by atoms with van der Waals surface area (Å²) in [7, 11) is 0. The Kier molecular flexibility index (Phi) is 3.02. The molecule has 1 aliphatic rings. The van der Waals surface area contributed by atoms with Crippen molar-refractivity contribution in [1.82, 2.24) is 0 Å². The number of carboxylic acid groups (broad SMARTS) is 1. The fraction of sp³-hybridized carbons (Fsp3) is 0.188. The summed E-state index contributed by atoms with van der Waals surface area (Å²) in [4.78, 5) is 11.4. The van der Waals surface area contributed by atoms with Crippen LogP contribution < -0.4 is 0 Å². The lowest BCUT2D eigenvalue weighted by Crippen LogP contribution is -2.19. The highest BCUT2D eigenvalue weighted by molar-refractivity contribution is 6.30. The summed E-state index contributed by atoms with van der Waals surface area (Å²) in [5, 5.41) is 9.77. The second kappa shape index (κ2) is 4.60. The molecule has 0 radical (unpaired) electrons. The van der Waals surface area contributed by atoms with Crippen LogP contribution in [0.25, 0.3) is 11.1 Å². The van der Waals surface area contributed by atoms with Crippen molar-refractivity contribution in [1.29, 1.82) is 0 Å². The van der Waals surface area contributed by atoms with Gasteiger partial charge in [-0.25, -0.2) is 4.39 Å². The van der Waals surface area contributed by atoms with Crippen molar-refractivity contribution in [3.8, 4) is 11.1 Å². The molecule has 0 aliphatic heterocycles. The van der Waals surface area contributed by atoms with Gasteiger partial charge in [0.1, 0.15) is 5.82 Å². The van der Waals surface area contributed by atoms with Gasteiger partial charge in [-0.2, -0.15) is 0 Å². The summed E-state index contributed by atoms with van der Waals surface area (Å²) in [5.41, 5.74) is 0.975. The Balaban J connectivity index is 2.08. The predicted molar refractivity (Wildman–Crippen MR) is 75.4 cm³/mol. The van der Waals surface area contributed by atoms with Gasteiger partial charge in [0.15, 0.2) is 0 Å². The fourth-order valence-corrected chi connectivity index (χ4v) is 2.63. The minimum atomic E-state index is -0.818. The van der Waals surface area contributed by atoms with Crippen molar-refractivity contribution in [2.45, 2.75) is 18.3 Å². The minimum absolute atomic E-state index is 0.369. The van der Waals surface area contributed by atoms with Crippen LogP contribution in [0.2, 0.25) is 5.02 Å². The first-order valence-electron chi connectivity index (χ1n) is 6.32. The highest BCUT2D eigenvalue weighted by atomic mass is 35.5. The normalized spacial score (nSPS) is 15.9. The van der Waals surface area contributed by atoms with Gasteiger partial charge in [-0.15, -0.1) is 0 Å². The van der Waals surface area contributed by atoms with Crippen LogP contribution in [0.15, 0.2) is 42.5 Å². The second-order valence-corrected chi connectivity index (χ2v) is 5.53. The third-order valence-electron chi connectivity index (χ3n) is 3.81. The minimum Gasteiger partial charge on any atom is -0.481 e. The maximum atomic E-state index is 13.9. The largest absolute Gasteiger partial charge is 0.481 e. The van der Waals surface area contributed by atoms with Crippen molar-refractivity contribution in [2.75, 3.05) is 0 Å². The molecule has 102 valence electrons. The van der Waals surface area contributed by atoms with Gasteiger partial charge >= 0.3 is 5.97 Å². The van der Waals surface area contributed by atoms with E-state index < -0.39 is 11.4 Å². The summed E-state index contributed by atoms with van der Waals surface area (Å²) in [6, 6.07) is 11.4. The molecular weight excluding hydrogens is 279 g/mol. The maximum Gasteiger partial charge on any atom is 0.314 e. The lowest BCUT2D eigenvalue weighted by molar-refractivity contribution is -0.140. The summed E-state index contributed by atoms with van der Waals surface area (Å²) in [5.74, 6) is -1.19. The van der Waals surface area contributed by atoms with Gasteiger partial charge in [0.25, 0.3) is 0 Å². The molecular formula is C16H12ClFO2. The quantitative estimate of drug-likeness (QED) is 0.917. The number of aliphatic carboxylic acids is 1. The fourth-order valence-electron chi connectivity index (χ4n) is 2.45. The molecule has 1 saturated carbocycles. The Morgan fingerprint density at radius 1 is 1.20 bits per heavy atom. The highest BCUT2D eigenvalue weighted by Gasteiger charge is 2.51. The molecule has 0 saturated heterocycles. The molecule has 1 aliphatic carbocycles. The molecule has 0 spiro atoms. The molecule has 0 amide bonds. The monoisotopic (exact) mass is 290 g/mol. The summed E-state index contributed by atoms with van der Waals surface area (Å²) >= 11 is 5.90. The van der Waals surface area contributed by atoms with E-state index >= 15 is 0 Å². The average molecular weight is 291 g/mol. The molecule has 20 heavy (non-hydrogen) atoms. The van der Waals surface area contributed by atoms with E-state index in [-0.39, 0.29) is 5.82 Å². The van der Waals surface area contributed by atoms with Gasteiger partial charge in [0.2, 0.25) is 0 Å². The van der Waals surface area contributed by atoms with Gasteiger partial charge in [0.05, 0.1) is 5.41 Å². The van der Waals surface area contributed by atoms with Gasteiger partial charge in [-0.1, -0.05) is 29.8 Å². The van der Waals surface area contributed by atoms with Gasteiger partial charge in [0, 0.05) is 10.6 Å². The lowest BCUT2D eigenvalue weighted by Gasteiger charge is -2.12. The molecule has 0 unspecified atom stereocenters. The Morgan fingerprint density at radius 3 is 2.60 bits per heavy atom. The van der Waals surface area contributed by atoms with E-state index in [2.05, 4.69) is 0 Å². The van der Waals surface area contributed by atoms with E-state index in [9.17, 15) is 14.3 Å². The number of rotatable bonds is 3. The zero-order chi connectivity index (χ0) is 14.3. The Morgan fingerprint density at radius 2 is 1.95 bits per heavy atom. The smallest absolute Gasteiger partial charge is 0.314 e. The number of hydrogen-bond acceptors (Lipinski definition) is 1. The van der Waals surface area contributed by atoms with Crippen LogP contribution in [0.5, 0.6) is 0 Å². The average Bonchev–Trinajstić information content (AvgIpc) is 3.23. The summed E-state index contributed by atoms with van der Waals surface area (Å²) < 4.78 is 13.9. The van der Waals surface area contributed by atoms with E-state index in [1.54, 1.807) is 30.3 Å². The van der Waals surface area contributed by atoms with E-state index in [4.69, 9.17) is 11.6 Å². The van der Waals surface area contributed by atoms with Crippen LogP contribution in [0, 0.1) is 5.82 Å². The van der Waals surface area contributed by atoms with Crippen molar-refractivity contribution in [3.05, 3.63) is 58.9 Å². The molecule has 0 bridgehead atoms. The first-order valence-corrected chi connectivity index (χ1v) is 6.70. The molecule has 0 aromatic heterocycles. The van der Waals surface area contributed by atoms with Crippen LogP contribution in [0.1, 0.15) is 18.4 Å². The van der Waals surface area contributed by atoms with Crippen LogP contribution in [-0.4, -0.2) is 11.1 Å². The van der Waals surface area contributed by atoms with Crippen LogP contribution >= 0.6 is 11.6 Å². The van der Waals surface area contributed by atoms with E-state index in [0.29, 0.717) is 29.0 Å². The third-order valence-corrected chi connectivity index (χ3v) is 4.05. The second-order valence-electron chi connectivity index (χ2n) is 5.09. The van der Waals surface area contributed by atoms with Gasteiger partial charge < -0.3 is 5.11 Å². The number of carboxylic acids is 1. The SMILES string of the molecule is O=C(O)C1(c2cccc(-c3cc(Cl)ccc3F)c2)CC1. The molecule has 3 rings (SSSR count). The third kappa shape index (κ3) is 2.08. The lowest BCUT2D eigenvalue weighted by atomic mass is 9.92. The Hall–Kier alpha value is -1.87. The number of benzene rings is 2. The molecule has 1 N–H and O–H groups in total. The molecule has 2 nitrogen and oxygen atoms in total. The predicted octanol–water partition coefficient (Wildman–Crippen LogP) is 4.26. The molecule has 0 atom stereocenters. The van der Waals surface area contributed by atoms with Crippen molar-refractivity contribution >= 4 is 17.6 Å². The number of carbonyl (C=O) groups is 1. The van der Waals surface area contributed by atoms with Crippen LogP contribution in [0.4, 0.5) is 4.39 Å². The van der Waals surface area contributed by atoms with E-state index in [1.807, 2.05) is 0 Å². The maximum absolute atomic E-state index is 13.9. The van der Waals surface area contributed by atoms with Crippen molar-refractivity contribution < 1.29 is 14.3 Å². The molecule has 4 heteroatoms. The van der Waals surface area contributed by atoms with E-state index in [1.165, 1.54) is 12.1 Å². The van der Waals surface area contributed by atoms with Crippen molar-refractivity contribution in [3.63, 3.8) is 0 Å². The first-order chi connectivity index (χ1) is 9.53. The zero-order valence-corrected chi connectivity index (χ0v) is 11.3. The highest BCUT2D eigenvalue weighted by Crippen LogP contribution is 2.49. The van der Waals surface area contributed by atoms with Crippen LogP contribution in [0.3, 0.4) is 0 Å². The summed E-state index contributed by atoms with van der Waals surface area (Å²) in [6.45, 7) is 0. The van der Waals surface area contributed by atoms with Gasteiger partial charge in [-0.3, -0.25) is 4.79 Å². The van der Waals surface area contributed by atoms with Gasteiger partial charge in [-0.05, 0) is 48.2 Å². The van der Waals surface area contributed by atoms with E-state index in [0.717, 1.165) is 5.56 Å². The standard InChI is InChI=1S/C16H12ClFO2/c17-12-4-5-14(18)13(9-12)10-2-1-3-11(8-10)16(6-7-16)15(19)20/h1-5,8-9H,6-7H2,(H,19,20). The number of hydrogen-bond donors (Lipinski definition) is 1. The first kappa shape index (κ1) is 13.1. The molecule has 1 fully saturated rings. The molecule has 0 heterocycles. The Labute approximate surface area is 120 Å². The topological polar surface area (TPSA) is 37.3 Å². The van der Waals surface area contributed by atoms with Crippen LogP contribution in [-0.2, 0) is 10.2 Å². The summed E-state index contributed by atoms with van der Waals surface area (Å²) in [6.07, 6.45) is 1.26. The molecule has 2 aromatic rings. The van der Waals surface area contributed by atoms with Crippen molar-refractivity contribution in [2.24, 2.45) is 0 Å².